The Kier molecular flexibility index (Phi) is 7.11. The van der Waals surface area contributed by atoms with Crippen molar-refractivity contribution in [2.45, 2.75) is 24.7 Å². The van der Waals surface area contributed by atoms with E-state index in [9.17, 15) is 0 Å². The Labute approximate surface area is 327 Å². The molecule has 264 valence electrons. The zero-order chi connectivity index (χ0) is 37.4. The van der Waals surface area contributed by atoms with Gasteiger partial charge in [0.2, 0.25) is 0 Å². The van der Waals surface area contributed by atoms with Gasteiger partial charge in [0.1, 0.15) is 0 Å². The first-order valence-electron chi connectivity index (χ1n) is 19.4. The summed E-state index contributed by atoms with van der Waals surface area (Å²) in [5.74, 6) is 1.98. The van der Waals surface area contributed by atoms with Crippen molar-refractivity contribution in [2.24, 2.45) is 0 Å². The lowest BCUT2D eigenvalue weighted by Gasteiger charge is -2.35. The first kappa shape index (κ1) is 32.5. The van der Waals surface area contributed by atoms with E-state index in [0.29, 0.717) is 17.5 Å². The lowest BCUT2D eigenvalue weighted by Crippen LogP contribution is -2.29. The van der Waals surface area contributed by atoms with Gasteiger partial charge in [-0.1, -0.05) is 190 Å². The maximum atomic E-state index is 5.11. The van der Waals surface area contributed by atoms with E-state index in [-0.39, 0.29) is 5.41 Å². The highest BCUT2D eigenvalue weighted by Gasteiger charge is 2.48. The third-order valence-corrected chi connectivity index (χ3v) is 12.2. The van der Waals surface area contributed by atoms with Gasteiger partial charge in [-0.25, -0.2) is 15.0 Å². The van der Waals surface area contributed by atoms with Gasteiger partial charge in [-0.05, 0) is 78.5 Å². The molecular weight excluding hydrogens is 679 g/mol. The van der Waals surface area contributed by atoms with E-state index in [1.54, 1.807) is 0 Å². The molecule has 1 atom stereocenters. The molecule has 1 unspecified atom stereocenters. The number of hydrogen-bond donors (Lipinski definition) is 0. The summed E-state index contributed by atoms with van der Waals surface area (Å²) in [6.45, 7) is 4.70. The first-order valence-corrected chi connectivity index (χ1v) is 19.4. The minimum absolute atomic E-state index is 0.191. The van der Waals surface area contributed by atoms with Crippen molar-refractivity contribution in [1.29, 1.82) is 0 Å². The Balaban J connectivity index is 1.16. The highest BCUT2D eigenvalue weighted by Crippen LogP contribution is 2.59. The molecule has 0 radical (unpaired) electrons. The number of hydrogen-bond acceptors (Lipinski definition) is 3. The van der Waals surface area contributed by atoms with Gasteiger partial charge in [0.15, 0.2) is 17.5 Å². The van der Waals surface area contributed by atoms with E-state index in [2.05, 4.69) is 166 Å². The fourth-order valence-corrected chi connectivity index (χ4v) is 9.61. The van der Waals surface area contributed by atoms with Crippen molar-refractivity contribution in [3.63, 3.8) is 0 Å². The quantitative estimate of drug-likeness (QED) is 0.178. The van der Waals surface area contributed by atoms with Crippen LogP contribution in [0.1, 0.15) is 47.2 Å². The molecule has 0 amide bonds. The molecule has 0 saturated carbocycles. The van der Waals surface area contributed by atoms with Gasteiger partial charge in [-0.3, -0.25) is 0 Å². The van der Waals surface area contributed by atoms with Crippen LogP contribution in [0.3, 0.4) is 0 Å². The Morgan fingerprint density at radius 1 is 0.357 bits per heavy atom. The van der Waals surface area contributed by atoms with Crippen LogP contribution in [-0.4, -0.2) is 15.0 Å². The molecule has 11 rings (SSSR count). The highest BCUT2D eigenvalue weighted by atomic mass is 15.0. The van der Waals surface area contributed by atoms with Crippen LogP contribution in [0.15, 0.2) is 188 Å². The molecule has 3 nitrogen and oxygen atoms in total. The van der Waals surface area contributed by atoms with Gasteiger partial charge in [-0.2, -0.15) is 0 Å². The van der Waals surface area contributed by atoms with E-state index in [1.165, 1.54) is 66.4 Å². The van der Waals surface area contributed by atoms with Crippen LogP contribution in [-0.2, 0) is 10.8 Å². The van der Waals surface area contributed by atoms with Crippen molar-refractivity contribution in [2.75, 3.05) is 0 Å². The summed E-state index contributed by atoms with van der Waals surface area (Å²) in [6, 6.07) is 68.1. The predicted octanol–water partition coefficient (Wildman–Crippen LogP) is 12.7. The number of rotatable bonds is 5. The number of nitrogens with zero attached hydrogens (tertiary/aromatic N) is 3. The third kappa shape index (κ3) is 4.67. The molecule has 8 aromatic carbocycles. The average Bonchev–Trinajstić information content (AvgIpc) is 3.70. The smallest absolute Gasteiger partial charge is 0.164 e. The predicted molar refractivity (Wildman–Crippen MR) is 229 cm³/mol. The van der Waals surface area contributed by atoms with Gasteiger partial charge in [-0.15, -0.1) is 0 Å². The summed E-state index contributed by atoms with van der Waals surface area (Å²) in [7, 11) is 0. The molecule has 2 aliphatic carbocycles. The van der Waals surface area contributed by atoms with Gasteiger partial charge in [0.25, 0.3) is 0 Å². The molecular formula is C53H37N3. The van der Waals surface area contributed by atoms with Crippen LogP contribution >= 0.6 is 0 Å². The molecule has 0 N–H and O–H groups in total. The number of aromatic nitrogens is 3. The molecule has 9 aromatic rings. The Morgan fingerprint density at radius 2 is 0.911 bits per heavy atom. The first-order chi connectivity index (χ1) is 27.5. The lowest BCUT2D eigenvalue weighted by atomic mass is 9.66. The molecule has 0 bridgehead atoms. The molecule has 56 heavy (non-hydrogen) atoms. The molecule has 1 heterocycles. The maximum absolute atomic E-state index is 5.11. The Hall–Kier alpha value is -6.97. The summed E-state index contributed by atoms with van der Waals surface area (Å²) >= 11 is 0. The van der Waals surface area contributed by atoms with Crippen molar-refractivity contribution in [3.05, 3.63) is 221 Å². The van der Waals surface area contributed by atoms with Gasteiger partial charge in [0, 0.05) is 22.1 Å². The number of fused-ring (bicyclic) bond motifs is 8. The molecule has 1 aromatic heterocycles. The summed E-state index contributed by atoms with van der Waals surface area (Å²) in [6.07, 6.45) is 0. The molecule has 0 fully saturated rings. The molecule has 0 aliphatic heterocycles. The van der Waals surface area contributed by atoms with Crippen molar-refractivity contribution in [3.8, 4) is 56.4 Å². The van der Waals surface area contributed by atoms with E-state index < -0.39 is 5.41 Å². The van der Waals surface area contributed by atoms with E-state index in [4.69, 9.17) is 15.0 Å². The van der Waals surface area contributed by atoms with Crippen molar-refractivity contribution >= 4 is 10.8 Å². The Bertz CT molecular complexity index is 2930. The Morgan fingerprint density at radius 3 is 1.61 bits per heavy atom. The van der Waals surface area contributed by atoms with E-state index in [0.717, 1.165) is 16.7 Å². The fraction of sp³-hybridized carbons (Fsp3) is 0.0755. The molecule has 0 saturated heterocycles. The van der Waals surface area contributed by atoms with Crippen LogP contribution in [0.4, 0.5) is 0 Å². The van der Waals surface area contributed by atoms with Crippen LogP contribution in [0, 0.1) is 0 Å². The van der Waals surface area contributed by atoms with E-state index >= 15 is 0 Å². The van der Waals surface area contributed by atoms with Gasteiger partial charge < -0.3 is 0 Å². The van der Waals surface area contributed by atoms with Gasteiger partial charge >= 0.3 is 0 Å². The standard InChI is InChI=1S/C53H37N3/c1-52(2)45-30-27-37(51-55-49(35-17-6-3-7-18-35)54-50(56-51)36-19-8-4-9-20-36)32-43(45)44-33-39(28-31-46(44)52)53(38-21-10-5-11-22-38)47-25-15-14-24-41(47)42-29-26-34-16-12-13-23-40(34)48(42)53/h3-33H,1-2H3. The van der Waals surface area contributed by atoms with Crippen molar-refractivity contribution < 1.29 is 0 Å². The molecule has 2 aliphatic rings. The molecule has 3 heteroatoms. The maximum Gasteiger partial charge on any atom is 0.164 e. The SMILES string of the molecule is CC1(C)c2ccc(-c3nc(-c4ccccc4)nc(-c4ccccc4)n3)cc2-c2cc(C3(c4ccccc4)c4ccccc4-c4ccc5ccccc5c43)ccc21. The minimum atomic E-state index is -0.531. The summed E-state index contributed by atoms with van der Waals surface area (Å²) in [5.41, 5.74) is 15.1. The van der Waals surface area contributed by atoms with Crippen LogP contribution < -0.4 is 0 Å². The monoisotopic (exact) mass is 715 g/mol. The summed E-state index contributed by atoms with van der Waals surface area (Å²) < 4.78 is 0. The summed E-state index contributed by atoms with van der Waals surface area (Å²) in [4.78, 5) is 15.2. The topological polar surface area (TPSA) is 38.7 Å². The van der Waals surface area contributed by atoms with Gasteiger partial charge in [0.05, 0.1) is 5.41 Å². The van der Waals surface area contributed by atoms with E-state index in [1.807, 2.05) is 36.4 Å². The van der Waals surface area contributed by atoms with Crippen molar-refractivity contribution in [1.82, 2.24) is 15.0 Å². The molecule has 0 spiro atoms. The summed E-state index contributed by atoms with van der Waals surface area (Å²) in [5, 5.41) is 2.53. The second kappa shape index (κ2) is 12.3. The number of benzene rings is 8. The van der Waals surface area contributed by atoms with Crippen LogP contribution in [0.2, 0.25) is 0 Å². The lowest BCUT2D eigenvalue weighted by molar-refractivity contribution is 0.659. The average molecular weight is 716 g/mol. The highest BCUT2D eigenvalue weighted by molar-refractivity contribution is 6.00. The fourth-order valence-electron chi connectivity index (χ4n) is 9.61. The van der Waals surface area contributed by atoms with Crippen LogP contribution in [0.25, 0.3) is 67.2 Å². The zero-order valence-electron chi connectivity index (χ0n) is 31.2. The second-order valence-electron chi connectivity index (χ2n) is 15.6. The third-order valence-electron chi connectivity index (χ3n) is 12.2. The van der Waals surface area contributed by atoms with Crippen LogP contribution in [0.5, 0.6) is 0 Å². The second-order valence-corrected chi connectivity index (χ2v) is 15.6. The normalized spacial score (nSPS) is 15.9. The zero-order valence-corrected chi connectivity index (χ0v) is 31.2. The largest absolute Gasteiger partial charge is 0.208 e. The minimum Gasteiger partial charge on any atom is -0.208 e.